The number of ether oxygens (including phenoxy) is 1. The Balaban J connectivity index is 1.67. The van der Waals surface area contributed by atoms with Gasteiger partial charge in [-0.2, -0.15) is 5.26 Å². The largest absolute Gasteiger partial charge is 0.381 e. The molecule has 36 heavy (non-hydrogen) atoms. The average molecular weight is 512 g/mol. The highest BCUT2D eigenvalue weighted by Gasteiger charge is 2.34. The van der Waals surface area contributed by atoms with Crippen molar-refractivity contribution in [3.8, 4) is 6.07 Å². The van der Waals surface area contributed by atoms with Crippen molar-refractivity contribution in [1.29, 1.82) is 5.26 Å². The molecule has 4 N–H and O–H groups in total. The average Bonchev–Trinajstić information content (AvgIpc) is 2.87. The predicted molar refractivity (Wildman–Crippen MR) is 136 cm³/mol. The number of anilines is 3. The first-order valence-corrected chi connectivity index (χ1v) is 12.5. The van der Waals surface area contributed by atoms with Crippen molar-refractivity contribution in [2.45, 2.75) is 63.6 Å². The summed E-state index contributed by atoms with van der Waals surface area (Å²) < 4.78 is 5.61. The maximum atomic E-state index is 12.5. The fourth-order valence-corrected chi connectivity index (χ4v) is 5.28. The van der Waals surface area contributed by atoms with Crippen LogP contribution in [0.15, 0.2) is 24.5 Å². The summed E-state index contributed by atoms with van der Waals surface area (Å²) >= 11 is 6.30. The van der Waals surface area contributed by atoms with Gasteiger partial charge in [0.1, 0.15) is 17.7 Å². The van der Waals surface area contributed by atoms with E-state index in [9.17, 15) is 9.59 Å². The molecule has 0 radical (unpaired) electrons. The van der Waals surface area contributed by atoms with Crippen LogP contribution in [-0.2, 0) is 9.53 Å². The maximum Gasteiger partial charge on any atom is 0.252 e. The molecule has 1 saturated carbocycles. The Morgan fingerprint density at radius 2 is 1.81 bits per heavy atom. The third-order valence-electron chi connectivity index (χ3n) is 6.72. The van der Waals surface area contributed by atoms with E-state index in [1.54, 1.807) is 6.92 Å². The quantitative estimate of drug-likeness (QED) is 0.513. The van der Waals surface area contributed by atoms with Gasteiger partial charge in [-0.25, -0.2) is 9.97 Å². The van der Waals surface area contributed by atoms with Gasteiger partial charge in [-0.3, -0.25) is 9.59 Å². The minimum Gasteiger partial charge on any atom is -0.381 e. The molecule has 0 aromatic carbocycles. The second-order valence-electron chi connectivity index (χ2n) is 9.20. The van der Waals surface area contributed by atoms with Crippen molar-refractivity contribution in [2.24, 2.45) is 5.73 Å². The molecule has 3 heterocycles. The molecular weight excluding hydrogens is 482 g/mol. The monoisotopic (exact) mass is 511 g/mol. The van der Waals surface area contributed by atoms with Gasteiger partial charge in [-0.1, -0.05) is 11.6 Å². The van der Waals surface area contributed by atoms with Crippen LogP contribution in [0.25, 0.3) is 0 Å². The van der Waals surface area contributed by atoms with Gasteiger partial charge in [-0.05, 0) is 44.6 Å². The van der Waals surface area contributed by atoms with Crippen LogP contribution in [0.4, 0.5) is 17.3 Å². The molecule has 2 fully saturated rings. The zero-order valence-electron chi connectivity index (χ0n) is 20.2. The SMILES string of the molecule is CC(=O)NC1CCC(N(c2cc(Nc3ncc(C#N)cc3Cl)ncc2C(N)=O)C2CCOCC2)CC1. The maximum absolute atomic E-state index is 12.5. The molecule has 0 spiro atoms. The first-order valence-electron chi connectivity index (χ1n) is 12.1. The van der Waals surface area contributed by atoms with Crippen molar-refractivity contribution in [3.05, 3.63) is 40.7 Å². The zero-order chi connectivity index (χ0) is 25.7. The number of carbonyl (C=O) groups excluding carboxylic acids is 2. The molecule has 190 valence electrons. The van der Waals surface area contributed by atoms with Crippen molar-refractivity contribution in [2.75, 3.05) is 23.4 Å². The number of aromatic nitrogens is 2. The van der Waals surface area contributed by atoms with Crippen LogP contribution in [0.1, 0.15) is 61.4 Å². The molecule has 1 saturated heterocycles. The fourth-order valence-electron chi connectivity index (χ4n) is 5.07. The number of hydrogen-bond acceptors (Lipinski definition) is 8. The van der Waals surface area contributed by atoms with Crippen LogP contribution in [-0.4, -0.2) is 53.1 Å². The fraction of sp³-hybridized carbons (Fsp3) is 0.480. The van der Waals surface area contributed by atoms with Crippen LogP contribution >= 0.6 is 11.6 Å². The molecule has 1 aliphatic carbocycles. The molecule has 2 aromatic rings. The van der Waals surface area contributed by atoms with Crippen LogP contribution < -0.4 is 21.3 Å². The number of carbonyl (C=O) groups is 2. The van der Waals surface area contributed by atoms with E-state index >= 15 is 0 Å². The molecular formula is C25H30ClN7O3. The van der Waals surface area contributed by atoms with Crippen molar-refractivity contribution >= 4 is 40.7 Å². The molecule has 1 aliphatic heterocycles. The molecule has 10 nitrogen and oxygen atoms in total. The lowest BCUT2D eigenvalue weighted by molar-refractivity contribution is -0.119. The number of amides is 2. The summed E-state index contributed by atoms with van der Waals surface area (Å²) in [6.45, 7) is 2.84. The standard InChI is InChI=1S/C25H30ClN7O3/c1-15(34)31-17-2-4-18(5-3-17)33(19-6-8-36-9-7-19)22-11-23(29-14-20(22)24(28)35)32-25-21(26)10-16(12-27)13-30-25/h10-11,13-14,17-19H,2-9H2,1H3,(H2,28,35)(H,31,34)(H,29,30,32). The first-order chi connectivity index (χ1) is 17.4. The Morgan fingerprint density at radius 1 is 1.11 bits per heavy atom. The number of rotatable bonds is 7. The van der Waals surface area contributed by atoms with Gasteiger partial charge in [0.25, 0.3) is 5.91 Å². The third-order valence-corrected chi connectivity index (χ3v) is 7.01. The van der Waals surface area contributed by atoms with Gasteiger partial charge in [0.05, 0.1) is 21.8 Å². The van der Waals surface area contributed by atoms with Gasteiger partial charge >= 0.3 is 0 Å². The number of pyridine rings is 2. The van der Waals surface area contributed by atoms with Crippen LogP contribution in [0.2, 0.25) is 5.02 Å². The Morgan fingerprint density at radius 3 is 2.42 bits per heavy atom. The van der Waals surface area contributed by atoms with E-state index in [1.165, 1.54) is 18.5 Å². The topological polar surface area (TPSA) is 146 Å². The lowest BCUT2D eigenvalue weighted by atomic mass is 9.87. The number of nitriles is 1. The van der Waals surface area contributed by atoms with Gasteiger partial charge in [-0.15, -0.1) is 0 Å². The van der Waals surface area contributed by atoms with E-state index in [0.717, 1.165) is 38.5 Å². The van der Waals surface area contributed by atoms with Crippen LogP contribution in [0, 0.1) is 11.3 Å². The number of primary amides is 1. The summed E-state index contributed by atoms with van der Waals surface area (Å²) in [6, 6.07) is 5.84. The summed E-state index contributed by atoms with van der Waals surface area (Å²) in [7, 11) is 0. The van der Waals surface area contributed by atoms with E-state index in [1.807, 2.05) is 12.1 Å². The number of nitrogens with one attached hydrogen (secondary N) is 2. The van der Waals surface area contributed by atoms with Gasteiger partial charge < -0.3 is 26.0 Å². The van der Waals surface area contributed by atoms with E-state index in [-0.39, 0.29) is 29.1 Å². The molecule has 11 heteroatoms. The van der Waals surface area contributed by atoms with Crippen LogP contribution in [0.3, 0.4) is 0 Å². The number of nitrogens with two attached hydrogens (primary N) is 1. The Labute approximate surface area is 215 Å². The minimum absolute atomic E-state index is 0.0179. The van der Waals surface area contributed by atoms with Crippen molar-refractivity contribution < 1.29 is 14.3 Å². The van der Waals surface area contributed by atoms with Gasteiger partial charge in [0.2, 0.25) is 5.91 Å². The van der Waals surface area contributed by atoms with E-state index in [0.29, 0.717) is 41.7 Å². The predicted octanol–water partition coefficient (Wildman–Crippen LogP) is 3.28. The molecule has 2 amide bonds. The Bertz CT molecular complexity index is 1150. The lowest BCUT2D eigenvalue weighted by Gasteiger charge is -2.45. The van der Waals surface area contributed by atoms with E-state index in [4.69, 9.17) is 27.3 Å². The number of hydrogen-bond donors (Lipinski definition) is 3. The summed E-state index contributed by atoms with van der Waals surface area (Å²) in [6.07, 6.45) is 8.02. The Kier molecular flexibility index (Phi) is 8.23. The summed E-state index contributed by atoms with van der Waals surface area (Å²) in [5, 5.41) is 15.5. The van der Waals surface area contributed by atoms with Gasteiger partial charge in [0.15, 0.2) is 0 Å². The first kappa shape index (κ1) is 25.7. The zero-order valence-corrected chi connectivity index (χ0v) is 20.9. The van der Waals surface area contributed by atoms with Gasteiger partial charge in [0, 0.05) is 56.7 Å². The smallest absolute Gasteiger partial charge is 0.252 e. The second-order valence-corrected chi connectivity index (χ2v) is 9.61. The third kappa shape index (κ3) is 6.04. The van der Waals surface area contributed by atoms with Crippen molar-refractivity contribution in [1.82, 2.24) is 15.3 Å². The molecule has 0 unspecified atom stereocenters. The summed E-state index contributed by atoms with van der Waals surface area (Å²) in [4.78, 5) is 34.9. The summed E-state index contributed by atoms with van der Waals surface area (Å²) in [5.41, 5.74) is 7.19. The van der Waals surface area contributed by atoms with E-state index in [2.05, 4.69) is 25.5 Å². The highest BCUT2D eigenvalue weighted by Crippen LogP contribution is 2.36. The second kappa shape index (κ2) is 11.5. The number of halogens is 1. The minimum atomic E-state index is -0.553. The highest BCUT2D eigenvalue weighted by molar-refractivity contribution is 6.33. The molecule has 0 bridgehead atoms. The molecule has 4 rings (SSSR count). The Hall–Kier alpha value is -3.42. The normalized spacial score (nSPS) is 20.2. The number of nitrogens with zero attached hydrogens (tertiary/aromatic N) is 4. The van der Waals surface area contributed by atoms with E-state index < -0.39 is 5.91 Å². The van der Waals surface area contributed by atoms with Crippen molar-refractivity contribution in [3.63, 3.8) is 0 Å². The van der Waals surface area contributed by atoms with Crippen LogP contribution in [0.5, 0.6) is 0 Å². The summed E-state index contributed by atoms with van der Waals surface area (Å²) in [5.74, 6) is 0.241. The molecule has 2 aromatic heterocycles. The molecule has 2 aliphatic rings. The highest BCUT2D eigenvalue weighted by atomic mass is 35.5. The lowest BCUT2D eigenvalue weighted by Crippen LogP contribution is -2.50. The molecule has 0 atom stereocenters.